The second kappa shape index (κ2) is 5.19. The lowest BCUT2D eigenvalue weighted by Gasteiger charge is -2.11. The van der Waals surface area contributed by atoms with Crippen molar-refractivity contribution in [2.45, 2.75) is 39.5 Å². The lowest BCUT2D eigenvalue weighted by Crippen LogP contribution is -1.98. The Hall–Kier alpha value is -1.21. The van der Waals surface area contributed by atoms with E-state index >= 15 is 0 Å². The van der Waals surface area contributed by atoms with Gasteiger partial charge in [-0.25, -0.2) is 0 Å². The third-order valence-corrected chi connectivity index (χ3v) is 3.71. The van der Waals surface area contributed by atoms with Crippen LogP contribution in [0.3, 0.4) is 0 Å². The summed E-state index contributed by atoms with van der Waals surface area (Å²) in [6, 6.07) is 8.54. The van der Waals surface area contributed by atoms with Crippen LogP contribution in [0, 0.1) is 27.7 Å². The summed E-state index contributed by atoms with van der Waals surface area (Å²) in [5.74, 6) is 1.85. The van der Waals surface area contributed by atoms with Crippen LogP contribution in [-0.2, 0) is 6.42 Å². The molecule has 0 N–H and O–H groups in total. The Balaban J connectivity index is 2.23. The van der Waals surface area contributed by atoms with E-state index in [0.717, 1.165) is 23.5 Å². The third-order valence-electron chi connectivity index (χ3n) is 3.32. The molecular weight excluding hydrogens is 244 g/mol. The zero-order valence-corrected chi connectivity index (χ0v) is 12.1. The van der Waals surface area contributed by atoms with Gasteiger partial charge in [0.15, 0.2) is 0 Å². The zero-order chi connectivity index (χ0) is 13.3. The molecule has 1 nitrogen and oxygen atoms in total. The highest BCUT2D eigenvalue weighted by Gasteiger charge is 2.16. The van der Waals surface area contributed by atoms with Gasteiger partial charge in [0.25, 0.3) is 0 Å². The number of halogens is 1. The van der Waals surface area contributed by atoms with E-state index in [1.807, 2.05) is 19.9 Å². The monoisotopic (exact) mass is 262 g/mol. The van der Waals surface area contributed by atoms with Crippen LogP contribution >= 0.6 is 11.6 Å². The van der Waals surface area contributed by atoms with E-state index in [0.29, 0.717) is 0 Å². The minimum atomic E-state index is -0.0250. The molecule has 1 aromatic carbocycles. The molecule has 0 bridgehead atoms. The predicted molar refractivity (Wildman–Crippen MR) is 76.4 cm³/mol. The lowest BCUT2D eigenvalue weighted by molar-refractivity contribution is 0.500. The largest absolute Gasteiger partial charge is 0.466 e. The summed E-state index contributed by atoms with van der Waals surface area (Å²) < 4.78 is 5.54. The van der Waals surface area contributed by atoms with E-state index in [1.54, 1.807) is 0 Å². The van der Waals surface area contributed by atoms with Crippen molar-refractivity contribution in [1.29, 1.82) is 0 Å². The number of rotatable bonds is 3. The van der Waals surface area contributed by atoms with Crippen LogP contribution < -0.4 is 0 Å². The number of hydrogen-bond donors (Lipinski definition) is 0. The van der Waals surface area contributed by atoms with E-state index in [2.05, 4.69) is 32.0 Å². The van der Waals surface area contributed by atoms with Crippen molar-refractivity contribution in [3.8, 4) is 0 Å². The summed E-state index contributed by atoms with van der Waals surface area (Å²) in [4.78, 5) is 0. The van der Waals surface area contributed by atoms with E-state index in [-0.39, 0.29) is 5.38 Å². The van der Waals surface area contributed by atoms with Crippen LogP contribution in [0.4, 0.5) is 0 Å². The standard InChI is InChI=1S/C16H19ClO/c1-10-5-6-11(2)14(7-10)9-16(17)15-8-12(3)18-13(15)4/h5-8,16H,9H2,1-4H3. The van der Waals surface area contributed by atoms with Gasteiger partial charge < -0.3 is 4.42 Å². The maximum Gasteiger partial charge on any atom is 0.105 e. The molecule has 0 radical (unpaired) electrons. The van der Waals surface area contributed by atoms with Gasteiger partial charge in [0.05, 0.1) is 5.38 Å². The molecule has 0 spiro atoms. The molecule has 2 aromatic rings. The fourth-order valence-corrected chi connectivity index (χ4v) is 2.67. The molecule has 1 heterocycles. The van der Waals surface area contributed by atoms with Crippen LogP contribution in [0.2, 0.25) is 0 Å². The molecule has 0 amide bonds. The van der Waals surface area contributed by atoms with Crippen molar-refractivity contribution >= 4 is 11.6 Å². The average Bonchev–Trinajstić information content (AvgIpc) is 2.63. The second-order valence-corrected chi connectivity index (χ2v) is 5.50. The fraction of sp³-hybridized carbons (Fsp3) is 0.375. The number of furan rings is 1. The number of alkyl halides is 1. The molecule has 1 unspecified atom stereocenters. The summed E-state index contributed by atoms with van der Waals surface area (Å²) in [6.45, 7) is 8.17. The highest BCUT2D eigenvalue weighted by Crippen LogP contribution is 2.30. The fourth-order valence-electron chi connectivity index (χ4n) is 2.28. The highest BCUT2D eigenvalue weighted by molar-refractivity contribution is 6.21. The average molecular weight is 263 g/mol. The van der Waals surface area contributed by atoms with Crippen LogP contribution in [0.15, 0.2) is 28.7 Å². The Bertz CT molecular complexity index is 554. The molecule has 1 atom stereocenters. The summed E-state index contributed by atoms with van der Waals surface area (Å²) in [6.07, 6.45) is 0.842. The minimum Gasteiger partial charge on any atom is -0.466 e. The maximum absolute atomic E-state index is 6.52. The zero-order valence-electron chi connectivity index (χ0n) is 11.4. The highest BCUT2D eigenvalue weighted by atomic mass is 35.5. The third kappa shape index (κ3) is 2.78. The Morgan fingerprint density at radius 1 is 1.11 bits per heavy atom. The van der Waals surface area contributed by atoms with Crippen LogP contribution in [0.1, 0.15) is 39.2 Å². The molecule has 0 aliphatic heterocycles. The van der Waals surface area contributed by atoms with Gasteiger partial charge in [-0.3, -0.25) is 0 Å². The number of aryl methyl sites for hydroxylation is 4. The normalized spacial score (nSPS) is 12.7. The first-order valence-corrected chi connectivity index (χ1v) is 6.68. The summed E-state index contributed by atoms with van der Waals surface area (Å²) in [7, 11) is 0. The smallest absolute Gasteiger partial charge is 0.105 e. The van der Waals surface area contributed by atoms with Gasteiger partial charge in [-0.1, -0.05) is 23.8 Å². The van der Waals surface area contributed by atoms with Crippen molar-refractivity contribution in [3.63, 3.8) is 0 Å². The lowest BCUT2D eigenvalue weighted by atomic mass is 9.98. The van der Waals surface area contributed by atoms with Gasteiger partial charge in [-0.05, 0) is 51.3 Å². The van der Waals surface area contributed by atoms with Crippen molar-refractivity contribution < 1.29 is 4.42 Å². The van der Waals surface area contributed by atoms with Gasteiger partial charge in [-0.2, -0.15) is 0 Å². The van der Waals surface area contributed by atoms with Crippen molar-refractivity contribution in [3.05, 3.63) is 58.0 Å². The summed E-state index contributed by atoms with van der Waals surface area (Å²) >= 11 is 6.52. The molecule has 0 aliphatic carbocycles. The maximum atomic E-state index is 6.52. The molecule has 2 heteroatoms. The van der Waals surface area contributed by atoms with E-state index < -0.39 is 0 Å². The molecule has 0 aliphatic rings. The topological polar surface area (TPSA) is 13.1 Å². The van der Waals surface area contributed by atoms with Crippen molar-refractivity contribution in [2.24, 2.45) is 0 Å². The molecule has 0 fully saturated rings. The summed E-state index contributed by atoms with van der Waals surface area (Å²) in [5.41, 5.74) is 4.99. The van der Waals surface area contributed by atoms with Crippen molar-refractivity contribution in [1.82, 2.24) is 0 Å². The van der Waals surface area contributed by atoms with E-state index in [4.69, 9.17) is 16.0 Å². The molecule has 96 valence electrons. The van der Waals surface area contributed by atoms with Crippen molar-refractivity contribution in [2.75, 3.05) is 0 Å². The Labute approximate surface area is 114 Å². The van der Waals surface area contributed by atoms with Crippen LogP contribution in [0.25, 0.3) is 0 Å². The van der Waals surface area contributed by atoms with Gasteiger partial charge >= 0.3 is 0 Å². The number of benzene rings is 1. The van der Waals surface area contributed by atoms with Gasteiger partial charge in [-0.15, -0.1) is 11.6 Å². The van der Waals surface area contributed by atoms with Gasteiger partial charge in [0.1, 0.15) is 11.5 Å². The first kappa shape index (κ1) is 13.2. The minimum absolute atomic E-state index is 0.0250. The van der Waals surface area contributed by atoms with Crippen LogP contribution in [0.5, 0.6) is 0 Å². The quantitative estimate of drug-likeness (QED) is 0.707. The SMILES string of the molecule is Cc1ccc(C)c(CC(Cl)c2cc(C)oc2C)c1. The molecule has 18 heavy (non-hydrogen) atoms. The first-order valence-electron chi connectivity index (χ1n) is 6.24. The summed E-state index contributed by atoms with van der Waals surface area (Å²) in [5, 5.41) is -0.0250. The van der Waals surface area contributed by atoms with Gasteiger partial charge in [0.2, 0.25) is 0 Å². The van der Waals surface area contributed by atoms with E-state index in [9.17, 15) is 0 Å². The number of hydrogen-bond acceptors (Lipinski definition) is 1. The molecule has 2 rings (SSSR count). The predicted octanol–water partition coefficient (Wildman–Crippen LogP) is 5.04. The van der Waals surface area contributed by atoms with Crippen LogP contribution in [-0.4, -0.2) is 0 Å². The molecule has 1 aromatic heterocycles. The Morgan fingerprint density at radius 3 is 2.44 bits per heavy atom. The Morgan fingerprint density at radius 2 is 1.83 bits per heavy atom. The molecule has 0 saturated heterocycles. The first-order chi connectivity index (χ1) is 8.47. The van der Waals surface area contributed by atoms with Gasteiger partial charge in [0, 0.05) is 5.56 Å². The Kier molecular flexibility index (Phi) is 3.82. The van der Waals surface area contributed by atoms with E-state index in [1.165, 1.54) is 16.7 Å². The molecule has 0 saturated carbocycles. The molecular formula is C16H19ClO. The second-order valence-electron chi connectivity index (χ2n) is 4.97.